The molecule has 1 heterocycles. The fourth-order valence-corrected chi connectivity index (χ4v) is 3.07. The van der Waals surface area contributed by atoms with Crippen LogP contribution >= 0.6 is 11.6 Å². The highest BCUT2D eigenvalue weighted by molar-refractivity contribution is 6.32. The van der Waals surface area contributed by atoms with Crippen LogP contribution in [0.4, 0.5) is 4.39 Å². The van der Waals surface area contributed by atoms with Crippen molar-refractivity contribution in [2.75, 3.05) is 0 Å². The number of nitrogens with one attached hydrogen (secondary N) is 1. The van der Waals surface area contributed by atoms with E-state index >= 15 is 0 Å². The summed E-state index contributed by atoms with van der Waals surface area (Å²) in [5.41, 5.74) is -1.51. The summed E-state index contributed by atoms with van der Waals surface area (Å²) in [5, 5.41) is -0.130. The summed E-state index contributed by atoms with van der Waals surface area (Å²) in [4.78, 5) is 27.2. The van der Waals surface area contributed by atoms with E-state index in [4.69, 9.17) is 11.6 Å². The van der Waals surface area contributed by atoms with E-state index in [2.05, 4.69) is 4.98 Å². The summed E-state index contributed by atoms with van der Waals surface area (Å²) in [5.74, 6) is -0.547. The summed E-state index contributed by atoms with van der Waals surface area (Å²) in [6.45, 7) is 1.85. The van der Waals surface area contributed by atoms with Crippen molar-refractivity contribution >= 4 is 11.6 Å². The van der Waals surface area contributed by atoms with E-state index in [0.29, 0.717) is 0 Å². The lowest BCUT2D eigenvalue weighted by Crippen LogP contribution is -2.51. The first-order chi connectivity index (χ1) is 9.94. The number of H-pyrrole nitrogens is 1. The van der Waals surface area contributed by atoms with E-state index in [9.17, 15) is 14.0 Å². The molecule has 0 radical (unpaired) electrons. The summed E-state index contributed by atoms with van der Waals surface area (Å²) >= 11 is 5.99. The molecule has 0 unspecified atom stereocenters. The van der Waals surface area contributed by atoms with Crippen molar-refractivity contribution < 1.29 is 4.39 Å². The van der Waals surface area contributed by atoms with Crippen LogP contribution in [-0.2, 0) is 5.54 Å². The molecular weight excluding hydrogens is 295 g/mol. The lowest BCUT2D eigenvalue weighted by Gasteiger charge is -2.39. The maximum Gasteiger partial charge on any atom is 0.330 e. The number of nitrogens with zero attached hydrogens (tertiary/aromatic N) is 1. The molecule has 3 rings (SSSR count). The van der Waals surface area contributed by atoms with E-state index in [0.717, 1.165) is 19.3 Å². The summed E-state index contributed by atoms with van der Waals surface area (Å²) < 4.78 is 15.1. The molecule has 1 fully saturated rings. The van der Waals surface area contributed by atoms with Gasteiger partial charge in [-0.3, -0.25) is 14.3 Å². The molecule has 0 bridgehead atoms. The Kier molecular flexibility index (Phi) is 3.24. The molecule has 0 amide bonds. The SMILES string of the molecule is CC1(n2c(=O)[nH]c(Cl)c(-c3ccccc3F)c2=O)CCC1. The van der Waals surface area contributed by atoms with Gasteiger partial charge in [0.2, 0.25) is 0 Å². The molecular formula is C15H14ClFN2O2. The van der Waals surface area contributed by atoms with Gasteiger partial charge in [-0.15, -0.1) is 0 Å². The van der Waals surface area contributed by atoms with Gasteiger partial charge in [-0.25, -0.2) is 9.18 Å². The number of hydrogen-bond acceptors (Lipinski definition) is 2. The molecule has 1 aromatic carbocycles. The van der Waals surface area contributed by atoms with E-state index < -0.39 is 22.6 Å². The molecule has 1 aliphatic rings. The van der Waals surface area contributed by atoms with Crippen molar-refractivity contribution in [3.63, 3.8) is 0 Å². The zero-order valence-corrected chi connectivity index (χ0v) is 12.2. The molecule has 6 heteroatoms. The van der Waals surface area contributed by atoms with Gasteiger partial charge in [0.05, 0.1) is 5.56 Å². The van der Waals surface area contributed by atoms with Gasteiger partial charge in [-0.2, -0.15) is 0 Å². The van der Waals surface area contributed by atoms with Gasteiger partial charge in [0.25, 0.3) is 5.56 Å². The average Bonchev–Trinajstić information content (AvgIpc) is 2.38. The predicted octanol–water partition coefficient (Wildman–Crippen LogP) is 2.90. The van der Waals surface area contributed by atoms with Crippen LogP contribution in [0.5, 0.6) is 0 Å². The minimum atomic E-state index is -0.549. The van der Waals surface area contributed by atoms with Gasteiger partial charge >= 0.3 is 5.69 Å². The molecule has 0 aliphatic heterocycles. The smallest absolute Gasteiger partial charge is 0.297 e. The normalized spacial score (nSPS) is 16.5. The zero-order chi connectivity index (χ0) is 15.2. The first-order valence-electron chi connectivity index (χ1n) is 6.74. The number of aromatic nitrogens is 2. The Labute approximate surface area is 125 Å². The van der Waals surface area contributed by atoms with Crippen LogP contribution < -0.4 is 11.2 Å². The quantitative estimate of drug-likeness (QED) is 0.867. The Morgan fingerprint density at radius 2 is 1.95 bits per heavy atom. The number of rotatable bonds is 2. The standard InChI is InChI=1S/C15H14ClFN2O2/c1-15(7-4-8-15)19-13(20)11(12(16)18-14(19)21)9-5-2-3-6-10(9)17/h2-3,5-6H,4,7-8H2,1H3,(H,18,21). The van der Waals surface area contributed by atoms with Crippen molar-refractivity contribution in [2.24, 2.45) is 0 Å². The van der Waals surface area contributed by atoms with E-state index in [-0.39, 0.29) is 16.3 Å². The van der Waals surface area contributed by atoms with Gasteiger partial charge in [0.1, 0.15) is 11.0 Å². The molecule has 110 valence electrons. The summed E-state index contributed by atoms with van der Waals surface area (Å²) in [6, 6.07) is 5.88. The molecule has 0 saturated heterocycles. The number of hydrogen-bond donors (Lipinski definition) is 1. The van der Waals surface area contributed by atoms with Crippen LogP contribution in [0, 0.1) is 5.82 Å². The fourth-order valence-electron chi connectivity index (χ4n) is 2.81. The van der Waals surface area contributed by atoms with Crippen molar-refractivity contribution in [1.29, 1.82) is 0 Å². The Hall–Kier alpha value is -1.88. The molecule has 1 aliphatic carbocycles. The Balaban J connectivity index is 2.33. The maximum absolute atomic E-state index is 14.0. The number of aromatic amines is 1. The third-order valence-corrected chi connectivity index (χ3v) is 4.45. The first-order valence-corrected chi connectivity index (χ1v) is 7.12. The van der Waals surface area contributed by atoms with Crippen LogP contribution in [-0.4, -0.2) is 9.55 Å². The second-order valence-electron chi connectivity index (χ2n) is 5.59. The molecule has 21 heavy (non-hydrogen) atoms. The van der Waals surface area contributed by atoms with Crippen molar-refractivity contribution in [3.05, 3.63) is 56.1 Å². The highest BCUT2D eigenvalue weighted by atomic mass is 35.5. The third kappa shape index (κ3) is 2.12. The maximum atomic E-state index is 14.0. The molecule has 1 aromatic heterocycles. The Morgan fingerprint density at radius 1 is 1.29 bits per heavy atom. The zero-order valence-electron chi connectivity index (χ0n) is 11.5. The highest BCUT2D eigenvalue weighted by Gasteiger charge is 2.37. The molecule has 2 aromatic rings. The molecule has 0 atom stereocenters. The van der Waals surface area contributed by atoms with Crippen molar-refractivity contribution in [3.8, 4) is 11.1 Å². The van der Waals surface area contributed by atoms with Crippen LogP contribution in [0.1, 0.15) is 26.2 Å². The molecule has 0 spiro atoms. The lowest BCUT2D eigenvalue weighted by molar-refractivity contribution is 0.156. The van der Waals surface area contributed by atoms with Crippen molar-refractivity contribution in [1.82, 2.24) is 9.55 Å². The summed E-state index contributed by atoms with van der Waals surface area (Å²) in [6.07, 6.45) is 2.45. The van der Waals surface area contributed by atoms with Crippen molar-refractivity contribution in [2.45, 2.75) is 31.7 Å². The van der Waals surface area contributed by atoms with Gasteiger partial charge in [-0.1, -0.05) is 29.8 Å². The average molecular weight is 309 g/mol. The van der Waals surface area contributed by atoms with Gasteiger partial charge in [-0.05, 0) is 32.3 Å². The molecule has 1 saturated carbocycles. The predicted molar refractivity (Wildman–Crippen MR) is 79.2 cm³/mol. The van der Waals surface area contributed by atoms with Gasteiger partial charge < -0.3 is 0 Å². The highest BCUT2D eigenvalue weighted by Crippen LogP contribution is 2.37. The van der Waals surface area contributed by atoms with Gasteiger partial charge in [0.15, 0.2) is 0 Å². The third-order valence-electron chi connectivity index (χ3n) is 4.17. The number of halogens is 2. The van der Waals surface area contributed by atoms with E-state index in [1.165, 1.54) is 22.8 Å². The van der Waals surface area contributed by atoms with E-state index in [1.54, 1.807) is 6.07 Å². The largest absolute Gasteiger partial charge is 0.330 e. The topological polar surface area (TPSA) is 54.9 Å². The fraction of sp³-hybridized carbons (Fsp3) is 0.333. The lowest BCUT2D eigenvalue weighted by atomic mass is 9.78. The number of benzene rings is 1. The second kappa shape index (κ2) is 4.84. The Bertz CT molecular complexity index is 821. The monoisotopic (exact) mass is 308 g/mol. The second-order valence-corrected chi connectivity index (χ2v) is 5.97. The minimum Gasteiger partial charge on any atom is -0.297 e. The van der Waals surface area contributed by atoms with E-state index in [1.807, 2.05) is 6.92 Å². The molecule has 4 nitrogen and oxygen atoms in total. The molecule has 1 N–H and O–H groups in total. The summed E-state index contributed by atoms with van der Waals surface area (Å²) in [7, 11) is 0. The minimum absolute atomic E-state index is 0.00231. The van der Waals surface area contributed by atoms with Gasteiger partial charge in [0, 0.05) is 11.1 Å². The first kappa shape index (κ1) is 14.1. The van der Waals surface area contributed by atoms with Crippen LogP contribution in [0.3, 0.4) is 0 Å². The Morgan fingerprint density at radius 3 is 2.52 bits per heavy atom. The van der Waals surface area contributed by atoms with Crippen LogP contribution in [0.15, 0.2) is 33.9 Å². The van der Waals surface area contributed by atoms with Crippen LogP contribution in [0.25, 0.3) is 11.1 Å². The van der Waals surface area contributed by atoms with Crippen LogP contribution in [0.2, 0.25) is 5.15 Å².